The number of carboxylic acid groups (broad SMARTS) is 1. The topological polar surface area (TPSA) is 49.8 Å². The molecular formula is C16H20ClNO3. The molecule has 0 amide bonds. The molecule has 1 heterocycles. The SMILES string of the molecule is O=C(O)[C@@]12CCC[C@H]1CN(CCOc1ccccc1Cl)C2. The molecule has 1 aliphatic heterocycles. The van der Waals surface area contributed by atoms with Crippen molar-refractivity contribution in [2.75, 3.05) is 26.2 Å². The highest BCUT2D eigenvalue weighted by atomic mass is 35.5. The van der Waals surface area contributed by atoms with Gasteiger partial charge < -0.3 is 9.84 Å². The molecule has 2 fully saturated rings. The molecule has 1 saturated carbocycles. The molecule has 0 bridgehead atoms. The van der Waals surface area contributed by atoms with E-state index in [9.17, 15) is 9.90 Å². The minimum absolute atomic E-state index is 0.301. The molecule has 114 valence electrons. The summed E-state index contributed by atoms with van der Waals surface area (Å²) in [5.74, 6) is 0.362. The molecular weight excluding hydrogens is 290 g/mol. The van der Waals surface area contributed by atoms with Gasteiger partial charge in [-0.3, -0.25) is 9.69 Å². The van der Waals surface area contributed by atoms with Crippen LogP contribution in [0.1, 0.15) is 19.3 Å². The number of aliphatic carboxylic acids is 1. The van der Waals surface area contributed by atoms with E-state index in [1.807, 2.05) is 18.2 Å². The molecule has 2 atom stereocenters. The van der Waals surface area contributed by atoms with Crippen molar-refractivity contribution in [2.24, 2.45) is 11.3 Å². The molecule has 1 aromatic rings. The largest absolute Gasteiger partial charge is 0.491 e. The Morgan fingerprint density at radius 3 is 3.00 bits per heavy atom. The number of halogens is 1. The molecule has 3 rings (SSSR count). The fourth-order valence-corrected chi connectivity index (χ4v) is 3.95. The average Bonchev–Trinajstić information content (AvgIpc) is 2.98. The summed E-state index contributed by atoms with van der Waals surface area (Å²) in [5, 5.41) is 10.2. The zero-order chi connectivity index (χ0) is 14.9. The van der Waals surface area contributed by atoms with Gasteiger partial charge in [0.1, 0.15) is 12.4 Å². The number of ether oxygens (including phenoxy) is 1. The van der Waals surface area contributed by atoms with Crippen LogP contribution in [0.25, 0.3) is 0 Å². The number of hydrogen-bond acceptors (Lipinski definition) is 3. The van der Waals surface area contributed by atoms with E-state index in [2.05, 4.69) is 4.90 Å². The van der Waals surface area contributed by atoms with Gasteiger partial charge in [0.05, 0.1) is 10.4 Å². The van der Waals surface area contributed by atoms with Gasteiger partial charge in [0, 0.05) is 19.6 Å². The van der Waals surface area contributed by atoms with E-state index < -0.39 is 11.4 Å². The lowest BCUT2D eigenvalue weighted by Crippen LogP contribution is -2.36. The predicted molar refractivity (Wildman–Crippen MR) is 80.8 cm³/mol. The molecule has 1 aliphatic carbocycles. The number of likely N-dealkylation sites (tertiary alicyclic amines) is 1. The van der Waals surface area contributed by atoms with Crippen molar-refractivity contribution in [1.82, 2.24) is 4.90 Å². The fraction of sp³-hybridized carbons (Fsp3) is 0.562. The Labute approximate surface area is 129 Å². The quantitative estimate of drug-likeness (QED) is 0.908. The molecule has 1 aromatic carbocycles. The Hall–Kier alpha value is -1.26. The maximum atomic E-state index is 11.6. The highest BCUT2D eigenvalue weighted by Gasteiger charge is 2.54. The number of carbonyl (C=O) groups is 1. The van der Waals surface area contributed by atoms with E-state index in [1.165, 1.54) is 0 Å². The number of fused-ring (bicyclic) bond motifs is 1. The van der Waals surface area contributed by atoms with Gasteiger partial charge in [0.25, 0.3) is 0 Å². The monoisotopic (exact) mass is 309 g/mol. The van der Waals surface area contributed by atoms with Crippen LogP contribution in [-0.2, 0) is 4.79 Å². The average molecular weight is 310 g/mol. The fourth-order valence-electron chi connectivity index (χ4n) is 3.76. The molecule has 21 heavy (non-hydrogen) atoms. The number of nitrogens with zero attached hydrogens (tertiary/aromatic N) is 1. The maximum Gasteiger partial charge on any atom is 0.311 e. The van der Waals surface area contributed by atoms with Crippen molar-refractivity contribution in [1.29, 1.82) is 0 Å². The first kappa shape index (κ1) is 14.7. The van der Waals surface area contributed by atoms with Crippen LogP contribution >= 0.6 is 11.6 Å². The summed E-state index contributed by atoms with van der Waals surface area (Å²) in [6.45, 7) is 2.81. The summed E-state index contributed by atoms with van der Waals surface area (Å²) in [7, 11) is 0. The Balaban J connectivity index is 1.54. The van der Waals surface area contributed by atoms with Crippen molar-refractivity contribution in [3.8, 4) is 5.75 Å². The number of para-hydroxylation sites is 1. The van der Waals surface area contributed by atoms with E-state index in [4.69, 9.17) is 16.3 Å². The van der Waals surface area contributed by atoms with Crippen molar-refractivity contribution in [2.45, 2.75) is 19.3 Å². The van der Waals surface area contributed by atoms with Gasteiger partial charge in [-0.15, -0.1) is 0 Å². The van der Waals surface area contributed by atoms with Crippen molar-refractivity contribution >= 4 is 17.6 Å². The lowest BCUT2D eigenvalue weighted by atomic mass is 9.81. The van der Waals surface area contributed by atoms with Crippen LogP contribution in [0.4, 0.5) is 0 Å². The van der Waals surface area contributed by atoms with Gasteiger partial charge in [-0.2, -0.15) is 0 Å². The lowest BCUT2D eigenvalue weighted by molar-refractivity contribution is -0.149. The lowest BCUT2D eigenvalue weighted by Gasteiger charge is -2.23. The van der Waals surface area contributed by atoms with E-state index in [0.717, 1.165) is 32.4 Å². The van der Waals surface area contributed by atoms with Gasteiger partial charge >= 0.3 is 5.97 Å². The molecule has 1 saturated heterocycles. The first-order valence-electron chi connectivity index (χ1n) is 7.45. The first-order valence-corrected chi connectivity index (χ1v) is 7.83. The van der Waals surface area contributed by atoms with Crippen molar-refractivity contribution in [3.05, 3.63) is 29.3 Å². The zero-order valence-electron chi connectivity index (χ0n) is 11.9. The molecule has 0 unspecified atom stereocenters. The standard InChI is InChI=1S/C16H20ClNO3/c17-13-5-1-2-6-14(13)21-9-8-18-10-12-4-3-7-16(12,11-18)15(19)20/h1-2,5-6,12H,3-4,7-11H2,(H,19,20)/t12-,16+/m0/s1. The highest BCUT2D eigenvalue weighted by molar-refractivity contribution is 6.32. The maximum absolute atomic E-state index is 11.6. The van der Waals surface area contributed by atoms with Gasteiger partial charge in [0.2, 0.25) is 0 Å². The first-order chi connectivity index (χ1) is 10.1. The van der Waals surface area contributed by atoms with E-state index in [1.54, 1.807) is 6.07 Å². The second-order valence-corrected chi connectivity index (χ2v) is 6.47. The minimum Gasteiger partial charge on any atom is -0.491 e. The van der Waals surface area contributed by atoms with Gasteiger partial charge in [-0.25, -0.2) is 0 Å². The summed E-state index contributed by atoms with van der Waals surface area (Å²) in [4.78, 5) is 13.8. The van der Waals surface area contributed by atoms with Crippen LogP contribution in [0.2, 0.25) is 5.02 Å². The highest BCUT2D eigenvalue weighted by Crippen LogP contribution is 2.48. The van der Waals surface area contributed by atoms with Gasteiger partial charge in [-0.05, 0) is 30.9 Å². The van der Waals surface area contributed by atoms with E-state index >= 15 is 0 Å². The van der Waals surface area contributed by atoms with Crippen LogP contribution in [-0.4, -0.2) is 42.2 Å². The Morgan fingerprint density at radius 2 is 2.29 bits per heavy atom. The Bertz CT molecular complexity index is 536. The summed E-state index contributed by atoms with van der Waals surface area (Å²) < 4.78 is 5.69. The second kappa shape index (κ2) is 5.85. The van der Waals surface area contributed by atoms with Crippen LogP contribution in [0.5, 0.6) is 5.75 Å². The Morgan fingerprint density at radius 1 is 1.48 bits per heavy atom. The van der Waals surface area contributed by atoms with Crippen LogP contribution in [0.15, 0.2) is 24.3 Å². The number of benzene rings is 1. The predicted octanol–water partition coefficient (Wildman–Crippen LogP) is 2.91. The number of carboxylic acids is 1. The van der Waals surface area contributed by atoms with Crippen LogP contribution in [0, 0.1) is 11.3 Å². The third kappa shape index (κ3) is 2.74. The molecule has 0 aromatic heterocycles. The van der Waals surface area contributed by atoms with E-state index in [-0.39, 0.29) is 0 Å². The molecule has 0 radical (unpaired) electrons. The molecule has 5 heteroatoms. The second-order valence-electron chi connectivity index (χ2n) is 6.06. The van der Waals surface area contributed by atoms with Crippen LogP contribution in [0.3, 0.4) is 0 Å². The third-order valence-corrected chi connectivity index (χ3v) is 5.18. The minimum atomic E-state index is -0.625. The summed E-state index contributed by atoms with van der Waals surface area (Å²) in [5.41, 5.74) is -0.510. The van der Waals surface area contributed by atoms with E-state index in [0.29, 0.717) is 29.8 Å². The Kier molecular flexibility index (Phi) is 4.09. The van der Waals surface area contributed by atoms with Gasteiger partial charge in [0.15, 0.2) is 0 Å². The summed E-state index contributed by atoms with van der Waals surface area (Å²) in [6.07, 6.45) is 2.89. The zero-order valence-corrected chi connectivity index (χ0v) is 12.7. The van der Waals surface area contributed by atoms with Gasteiger partial charge in [-0.1, -0.05) is 30.2 Å². The van der Waals surface area contributed by atoms with Crippen molar-refractivity contribution in [3.63, 3.8) is 0 Å². The molecule has 1 N–H and O–H groups in total. The molecule has 4 nitrogen and oxygen atoms in total. The van der Waals surface area contributed by atoms with Crippen molar-refractivity contribution < 1.29 is 14.6 Å². The smallest absolute Gasteiger partial charge is 0.311 e. The third-order valence-electron chi connectivity index (χ3n) is 4.87. The molecule has 0 spiro atoms. The normalized spacial score (nSPS) is 28.5. The number of rotatable bonds is 5. The summed E-state index contributed by atoms with van der Waals surface area (Å²) in [6, 6.07) is 7.41. The number of hydrogen-bond donors (Lipinski definition) is 1. The summed E-state index contributed by atoms with van der Waals surface area (Å²) >= 11 is 6.04. The van der Waals surface area contributed by atoms with Crippen LogP contribution < -0.4 is 4.74 Å². The molecule has 2 aliphatic rings.